The zero-order chi connectivity index (χ0) is 13.7. The molecule has 0 unspecified atom stereocenters. The molecule has 0 atom stereocenters. The van der Waals surface area contributed by atoms with Crippen LogP contribution in [0, 0.1) is 6.92 Å². The summed E-state index contributed by atoms with van der Waals surface area (Å²) in [5.74, 6) is 0.187. The SMILES string of the molecule is Cc1cccc(NC(=O)c2cccc(N=[N+]=[N-])c2)n1. The highest BCUT2D eigenvalue weighted by Gasteiger charge is 2.07. The largest absolute Gasteiger partial charge is 0.307 e. The van der Waals surface area contributed by atoms with E-state index in [1.54, 1.807) is 24.3 Å². The van der Waals surface area contributed by atoms with Crippen molar-refractivity contribution in [3.8, 4) is 0 Å². The van der Waals surface area contributed by atoms with Gasteiger partial charge in [0.15, 0.2) is 0 Å². The van der Waals surface area contributed by atoms with Crippen molar-refractivity contribution in [3.05, 3.63) is 64.2 Å². The highest BCUT2D eigenvalue weighted by Crippen LogP contribution is 2.15. The van der Waals surface area contributed by atoms with Gasteiger partial charge in [-0.1, -0.05) is 23.3 Å². The van der Waals surface area contributed by atoms with E-state index in [2.05, 4.69) is 20.3 Å². The number of nitrogens with one attached hydrogen (secondary N) is 1. The standard InChI is InChI=1S/C13H11N5O/c1-9-4-2-7-12(15-9)16-13(19)10-5-3-6-11(8-10)17-18-14/h2-8H,1H3,(H,15,16,19). The van der Waals surface area contributed by atoms with Gasteiger partial charge in [0.2, 0.25) is 0 Å². The summed E-state index contributed by atoms with van der Waals surface area (Å²) in [6.07, 6.45) is 0. The normalized spacial score (nSPS) is 9.53. The summed E-state index contributed by atoms with van der Waals surface area (Å²) >= 11 is 0. The predicted molar refractivity (Wildman–Crippen MR) is 72.2 cm³/mol. The van der Waals surface area contributed by atoms with Crippen molar-refractivity contribution in [2.24, 2.45) is 5.11 Å². The molecule has 1 aromatic heterocycles. The molecule has 0 saturated heterocycles. The highest BCUT2D eigenvalue weighted by molar-refractivity contribution is 6.04. The fourth-order valence-electron chi connectivity index (χ4n) is 1.56. The van der Waals surface area contributed by atoms with Gasteiger partial charge < -0.3 is 5.32 Å². The first-order valence-corrected chi connectivity index (χ1v) is 5.59. The van der Waals surface area contributed by atoms with Gasteiger partial charge in [-0.15, -0.1) is 0 Å². The molecule has 0 aliphatic carbocycles. The van der Waals surface area contributed by atoms with Gasteiger partial charge in [0.25, 0.3) is 5.91 Å². The van der Waals surface area contributed by atoms with E-state index in [1.807, 2.05) is 19.1 Å². The summed E-state index contributed by atoms with van der Waals surface area (Å²) < 4.78 is 0. The van der Waals surface area contributed by atoms with Crippen molar-refractivity contribution in [2.75, 3.05) is 5.32 Å². The van der Waals surface area contributed by atoms with E-state index in [0.29, 0.717) is 17.1 Å². The fraction of sp³-hybridized carbons (Fsp3) is 0.0769. The molecule has 2 rings (SSSR count). The molecule has 1 N–H and O–H groups in total. The zero-order valence-electron chi connectivity index (χ0n) is 10.2. The molecular formula is C13H11N5O. The Morgan fingerprint density at radius 3 is 2.84 bits per heavy atom. The van der Waals surface area contributed by atoms with Gasteiger partial charge in [-0.05, 0) is 36.7 Å². The molecule has 6 heteroatoms. The van der Waals surface area contributed by atoms with Gasteiger partial charge in [-0.3, -0.25) is 4.79 Å². The zero-order valence-corrected chi connectivity index (χ0v) is 10.2. The second kappa shape index (κ2) is 5.66. The van der Waals surface area contributed by atoms with Crippen LogP contribution >= 0.6 is 0 Å². The van der Waals surface area contributed by atoms with E-state index < -0.39 is 0 Å². The van der Waals surface area contributed by atoms with Gasteiger partial charge in [0.1, 0.15) is 5.82 Å². The molecule has 0 fully saturated rings. The van der Waals surface area contributed by atoms with Crippen LogP contribution < -0.4 is 5.32 Å². The first-order chi connectivity index (χ1) is 9.19. The Morgan fingerprint density at radius 2 is 2.11 bits per heavy atom. The number of carbonyl (C=O) groups is 1. The van der Waals surface area contributed by atoms with E-state index in [4.69, 9.17) is 5.53 Å². The van der Waals surface area contributed by atoms with Crippen molar-refractivity contribution in [1.82, 2.24) is 4.98 Å². The first kappa shape index (κ1) is 12.6. The minimum atomic E-state index is -0.298. The molecule has 0 aliphatic heterocycles. The number of hydrogen-bond donors (Lipinski definition) is 1. The summed E-state index contributed by atoms with van der Waals surface area (Å²) in [6.45, 7) is 1.85. The molecule has 1 amide bonds. The molecule has 1 aromatic carbocycles. The Bertz CT molecular complexity index is 662. The lowest BCUT2D eigenvalue weighted by molar-refractivity contribution is 0.102. The third-order valence-corrected chi connectivity index (χ3v) is 2.40. The average molecular weight is 253 g/mol. The van der Waals surface area contributed by atoms with E-state index in [9.17, 15) is 4.79 Å². The number of benzene rings is 1. The number of aromatic nitrogens is 1. The number of nitrogens with zero attached hydrogens (tertiary/aromatic N) is 4. The van der Waals surface area contributed by atoms with Gasteiger partial charge in [0.05, 0.1) is 0 Å². The second-order valence-corrected chi connectivity index (χ2v) is 3.86. The number of hydrogen-bond acceptors (Lipinski definition) is 3. The van der Waals surface area contributed by atoms with Crippen molar-refractivity contribution < 1.29 is 4.79 Å². The van der Waals surface area contributed by atoms with Crippen LogP contribution in [-0.4, -0.2) is 10.9 Å². The number of azide groups is 1. The van der Waals surface area contributed by atoms with E-state index in [1.165, 1.54) is 6.07 Å². The maximum Gasteiger partial charge on any atom is 0.256 e. The van der Waals surface area contributed by atoms with Crippen LogP contribution in [0.15, 0.2) is 47.6 Å². The van der Waals surface area contributed by atoms with E-state index in [0.717, 1.165) is 5.69 Å². The molecule has 1 heterocycles. The quantitative estimate of drug-likeness (QED) is 0.514. The third-order valence-electron chi connectivity index (χ3n) is 2.40. The van der Waals surface area contributed by atoms with E-state index in [-0.39, 0.29) is 5.91 Å². The summed E-state index contributed by atoms with van der Waals surface area (Å²) in [4.78, 5) is 18.9. The predicted octanol–water partition coefficient (Wildman–Crippen LogP) is 3.58. The summed E-state index contributed by atoms with van der Waals surface area (Å²) in [5, 5.41) is 6.14. The van der Waals surface area contributed by atoms with Crippen molar-refractivity contribution in [2.45, 2.75) is 6.92 Å². The number of carbonyl (C=O) groups excluding carboxylic acids is 1. The van der Waals surface area contributed by atoms with Crippen LogP contribution in [0.1, 0.15) is 16.1 Å². The van der Waals surface area contributed by atoms with Gasteiger partial charge in [-0.2, -0.15) is 0 Å². The summed E-state index contributed by atoms with van der Waals surface area (Å²) in [7, 11) is 0. The number of aryl methyl sites for hydroxylation is 1. The number of rotatable bonds is 3. The Hall–Kier alpha value is -2.85. The highest BCUT2D eigenvalue weighted by atomic mass is 16.1. The molecule has 0 radical (unpaired) electrons. The van der Waals surface area contributed by atoms with Gasteiger partial charge in [-0.25, -0.2) is 4.98 Å². The monoisotopic (exact) mass is 253 g/mol. The molecular weight excluding hydrogens is 242 g/mol. The fourth-order valence-corrected chi connectivity index (χ4v) is 1.56. The van der Waals surface area contributed by atoms with Crippen molar-refractivity contribution in [1.29, 1.82) is 0 Å². The van der Waals surface area contributed by atoms with Crippen LogP contribution in [0.5, 0.6) is 0 Å². The van der Waals surface area contributed by atoms with Crippen LogP contribution in [0.4, 0.5) is 11.5 Å². The number of pyridine rings is 1. The number of anilines is 1. The Kier molecular flexibility index (Phi) is 3.75. The lowest BCUT2D eigenvalue weighted by atomic mass is 10.2. The lowest BCUT2D eigenvalue weighted by Gasteiger charge is -2.05. The van der Waals surface area contributed by atoms with Crippen LogP contribution in [-0.2, 0) is 0 Å². The third kappa shape index (κ3) is 3.31. The van der Waals surface area contributed by atoms with Crippen molar-refractivity contribution in [3.63, 3.8) is 0 Å². The topological polar surface area (TPSA) is 90.8 Å². The maximum absolute atomic E-state index is 12.0. The molecule has 19 heavy (non-hydrogen) atoms. The second-order valence-electron chi connectivity index (χ2n) is 3.86. The van der Waals surface area contributed by atoms with Crippen LogP contribution in [0.3, 0.4) is 0 Å². The average Bonchev–Trinajstić information content (AvgIpc) is 2.39. The molecule has 0 saturated carbocycles. The minimum absolute atomic E-state index is 0.298. The molecule has 0 aliphatic rings. The molecule has 6 nitrogen and oxygen atoms in total. The van der Waals surface area contributed by atoms with Crippen molar-refractivity contribution >= 4 is 17.4 Å². The first-order valence-electron chi connectivity index (χ1n) is 5.59. The van der Waals surface area contributed by atoms with Crippen LogP contribution in [0.25, 0.3) is 10.4 Å². The van der Waals surface area contributed by atoms with E-state index >= 15 is 0 Å². The Balaban J connectivity index is 2.20. The Labute approximate surface area is 109 Å². The molecule has 94 valence electrons. The molecule has 0 spiro atoms. The maximum atomic E-state index is 12.0. The van der Waals surface area contributed by atoms with Crippen LogP contribution in [0.2, 0.25) is 0 Å². The lowest BCUT2D eigenvalue weighted by Crippen LogP contribution is -2.12. The van der Waals surface area contributed by atoms with Gasteiger partial charge >= 0.3 is 0 Å². The minimum Gasteiger partial charge on any atom is -0.307 e. The number of amides is 1. The molecule has 0 bridgehead atoms. The Morgan fingerprint density at radius 1 is 1.32 bits per heavy atom. The molecule has 2 aromatic rings. The smallest absolute Gasteiger partial charge is 0.256 e. The van der Waals surface area contributed by atoms with Gasteiger partial charge in [0, 0.05) is 21.9 Å². The summed E-state index contributed by atoms with van der Waals surface area (Å²) in [5.41, 5.74) is 9.99. The summed E-state index contributed by atoms with van der Waals surface area (Å²) in [6, 6.07) is 11.8.